The molecule has 0 atom stereocenters. The minimum Gasteiger partial charge on any atom is -0.744 e. The largest absolute Gasteiger partial charge is 1.00 e. The number of fused-ring (bicyclic) bond motifs is 1. The summed E-state index contributed by atoms with van der Waals surface area (Å²) in [6, 6.07) is 9.70. The van der Waals surface area contributed by atoms with Gasteiger partial charge in [0.2, 0.25) is 0 Å². The van der Waals surface area contributed by atoms with E-state index >= 15 is 0 Å². The Hall–Kier alpha value is -0.390. The summed E-state index contributed by atoms with van der Waals surface area (Å²) in [6.45, 7) is 4.48. The van der Waals surface area contributed by atoms with Gasteiger partial charge in [-0.25, -0.2) is 8.42 Å². The molecule has 0 aliphatic rings. The first kappa shape index (κ1) is 32.6. The van der Waals surface area contributed by atoms with Crippen LogP contribution in [0, 0.1) is 0 Å². The Balaban J connectivity index is 0.00000612. The molecule has 3 nitrogen and oxygen atoms in total. The second kappa shape index (κ2) is 18.8. The molecule has 0 radical (unpaired) electrons. The van der Waals surface area contributed by atoms with Gasteiger partial charge in [-0.2, -0.15) is 0 Å². The van der Waals surface area contributed by atoms with Crippen LogP contribution in [0.3, 0.4) is 0 Å². The van der Waals surface area contributed by atoms with Crippen LogP contribution in [0.1, 0.15) is 128 Å². The van der Waals surface area contributed by atoms with Crippen LogP contribution in [0.5, 0.6) is 0 Å². The maximum absolute atomic E-state index is 12.0. The molecule has 0 amide bonds. The van der Waals surface area contributed by atoms with E-state index in [0.717, 1.165) is 42.0 Å². The Kier molecular flexibility index (Phi) is 17.5. The number of rotatable bonds is 19. The van der Waals surface area contributed by atoms with Crippen molar-refractivity contribution in [3.05, 3.63) is 41.5 Å². The molecule has 0 aliphatic carbocycles. The molecule has 0 aliphatic heterocycles. The van der Waals surface area contributed by atoms with Crippen LogP contribution in [0.2, 0.25) is 0 Å². The maximum Gasteiger partial charge on any atom is 1.00 e. The van der Waals surface area contributed by atoms with Gasteiger partial charge in [0.15, 0.2) is 0 Å². The predicted molar refractivity (Wildman–Crippen MR) is 145 cm³/mol. The van der Waals surface area contributed by atoms with Crippen molar-refractivity contribution in [2.45, 2.75) is 134 Å². The van der Waals surface area contributed by atoms with E-state index in [1.165, 1.54) is 95.1 Å². The molecule has 35 heavy (non-hydrogen) atoms. The van der Waals surface area contributed by atoms with Gasteiger partial charge in [0.25, 0.3) is 0 Å². The summed E-state index contributed by atoms with van der Waals surface area (Å²) in [7, 11) is -4.48. The topological polar surface area (TPSA) is 57.2 Å². The molecule has 5 heteroatoms. The maximum atomic E-state index is 12.0. The minimum absolute atomic E-state index is 0. The molecule has 192 valence electrons. The zero-order valence-corrected chi connectivity index (χ0v) is 25.6. The molecule has 0 aromatic heterocycles. The second-order valence-electron chi connectivity index (χ2n) is 10.0. The summed E-state index contributed by atoms with van der Waals surface area (Å²) < 4.78 is 36.0. The molecule has 0 spiro atoms. The SMILES string of the molecule is CCCCCCCCCCc1ccc2ccc(S(=O)(=O)[O-])c(CCCCCCCCCC)c2c1.[Na+]. The van der Waals surface area contributed by atoms with Crippen LogP contribution in [0.4, 0.5) is 0 Å². The first-order chi connectivity index (χ1) is 16.5. The van der Waals surface area contributed by atoms with E-state index in [9.17, 15) is 13.0 Å². The third kappa shape index (κ3) is 12.6. The Labute approximate surface area is 237 Å². The molecule has 0 unspecified atom stereocenters. The van der Waals surface area contributed by atoms with E-state index in [1.54, 1.807) is 6.07 Å². The van der Waals surface area contributed by atoms with Gasteiger partial charge < -0.3 is 4.55 Å². The molecular formula is C30H47NaO3S. The van der Waals surface area contributed by atoms with Crippen molar-refractivity contribution in [1.82, 2.24) is 0 Å². The monoisotopic (exact) mass is 510 g/mol. The van der Waals surface area contributed by atoms with Gasteiger partial charge in [-0.05, 0) is 53.6 Å². The van der Waals surface area contributed by atoms with Crippen molar-refractivity contribution in [3.63, 3.8) is 0 Å². The summed E-state index contributed by atoms with van der Waals surface area (Å²) in [5.74, 6) is 0. The van der Waals surface area contributed by atoms with E-state index in [4.69, 9.17) is 0 Å². The summed E-state index contributed by atoms with van der Waals surface area (Å²) in [6.07, 6.45) is 21.6. The van der Waals surface area contributed by atoms with Gasteiger partial charge in [-0.1, -0.05) is 128 Å². The van der Waals surface area contributed by atoms with E-state index in [0.29, 0.717) is 6.42 Å². The quantitative estimate of drug-likeness (QED) is 0.130. The zero-order valence-electron chi connectivity index (χ0n) is 22.7. The molecule has 0 fully saturated rings. The van der Waals surface area contributed by atoms with Gasteiger partial charge in [-0.15, -0.1) is 0 Å². The number of unbranched alkanes of at least 4 members (excludes halogenated alkanes) is 14. The number of aryl methyl sites for hydroxylation is 2. The van der Waals surface area contributed by atoms with E-state index < -0.39 is 10.1 Å². The Bertz CT molecular complexity index is 940. The minimum atomic E-state index is -4.48. The molecule has 0 N–H and O–H groups in total. The first-order valence-corrected chi connectivity index (χ1v) is 15.4. The van der Waals surface area contributed by atoms with Crippen LogP contribution >= 0.6 is 0 Å². The van der Waals surface area contributed by atoms with Gasteiger partial charge in [0.1, 0.15) is 10.1 Å². The molecule has 2 rings (SSSR count). The van der Waals surface area contributed by atoms with Gasteiger partial charge in [0, 0.05) is 0 Å². The zero-order chi connectivity index (χ0) is 24.7. The van der Waals surface area contributed by atoms with Crippen molar-refractivity contribution >= 4 is 20.9 Å². The van der Waals surface area contributed by atoms with Crippen LogP contribution in [0.15, 0.2) is 35.2 Å². The molecule has 0 heterocycles. The first-order valence-electron chi connectivity index (χ1n) is 14.0. The number of benzene rings is 2. The molecular weight excluding hydrogens is 463 g/mol. The Morgan fingerprint density at radius 1 is 0.629 bits per heavy atom. The molecule has 2 aromatic carbocycles. The fourth-order valence-corrected chi connectivity index (χ4v) is 5.70. The summed E-state index contributed by atoms with van der Waals surface area (Å²) in [5, 5.41) is 1.98. The van der Waals surface area contributed by atoms with E-state index in [-0.39, 0.29) is 34.5 Å². The molecule has 0 saturated carbocycles. The van der Waals surface area contributed by atoms with Crippen molar-refractivity contribution < 1.29 is 42.5 Å². The number of hydrogen-bond acceptors (Lipinski definition) is 3. The summed E-state index contributed by atoms with van der Waals surface area (Å²) in [4.78, 5) is -0.0211. The Morgan fingerprint density at radius 3 is 1.60 bits per heavy atom. The van der Waals surface area contributed by atoms with Gasteiger partial charge in [0.05, 0.1) is 4.90 Å². The molecule has 2 aromatic rings. The average Bonchev–Trinajstić information content (AvgIpc) is 2.81. The second-order valence-corrected chi connectivity index (χ2v) is 11.3. The van der Waals surface area contributed by atoms with Gasteiger partial charge in [-0.3, -0.25) is 0 Å². The third-order valence-electron chi connectivity index (χ3n) is 7.02. The standard InChI is InChI=1S/C30H48O3S.Na/c1-3-5-7-9-11-13-15-17-19-26-21-22-27-23-24-30(34(31,32)33)28(29(27)25-26)20-18-16-14-12-10-8-6-4-2;/h21-25H,3-20H2,1-2H3,(H,31,32,33);/q;+1/p-1. The van der Waals surface area contributed by atoms with Crippen LogP contribution in [-0.4, -0.2) is 13.0 Å². The number of hydrogen-bond donors (Lipinski definition) is 0. The van der Waals surface area contributed by atoms with Crippen molar-refractivity contribution in [2.75, 3.05) is 0 Å². The summed E-state index contributed by atoms with van der Waals surface area (Å²) >= 11 is 0. The van der Waals surface area contributed by atoms with E-state index in [1.807, 2.05) is 0 Å². The normalized spacial score (nSPS) is 11.6. The summed E-state index contributed by atoms with van der Waals surface area (Å²) in [5.41, 5.74) is 1.98. The van der Waals surface area contributed by atoms with Crippen molar-refractivity contribution in [1.29, 1.82) is 0 Å². The predicted octanol–water partition coefficient (Wildman–Crippen LogP) is 6.11. The van der Waals surface area contributed by atoms with Crippen molar-refractivity contribution in [2.24, 2.45) is 0 Å². The fourth-order valence-electron chi connectivity index (χ4n) is 4.96. The molecule has 0 saturated heterocycles. The van der Waals surface area contributed by atoms with Crippen molar-refractivity contribution in [3.8, 4) is 0 Å². The smallest absolute Gasteiger partial charge is 0.744 e. The Morgan fingerprint density at radius 2 is 1.09 bits per heavy atom. The van der Waals surface area contributed by atoms with Crippen LogP contribution in [0.25, 0.3) is 10.8 Å². The van der Waals surface area contributed by atoms with Crippen LogP contribution < -0.4 is 29.6 Å². The average molecular weight is 511 g/mol. The molecule has 0 bridgehead atoms. The van der Waals surface area contributed by atoms with E-state index in [2.05, 4.69) is 32.0 Å². The van der Waals surface area contributed by atoms with Gasteiger partial charge >= 0.3 is 29.6 Å². The fraction of sp³-hybridized carbons (Fsp3) is 0.667. The van der Waals surface area contributed by atoms with Crippen LogP contribution in [-0.2, 0) is 23.0 Å². The third-order valence-corrected chi connectivity index (χ3v) is 7.94.